The zero-order valence-electron chi connectivity index (χ0n) is 12.0. The normalized spacial score (nSPS) is 13.6. The highest BCUT2D eigenvalue weighted by molar-refractivity contribution is 5.38. The Balaban J connectivity index is 2.65. The van der Waals surface area contributed by atoms with Gasteiger partial charge in [-0.05, 0) is 43.9 Å². The lowest BCUT2D eigenvalue weighted by Gasteiger charge is -2.20. The maximum absolute atomic E-state index is 12.0. The van der Waals surface area contributed by atoms with Gasteiger partial charge in [-0.15, -0.1) is 0 Å². The van der Waals surface area contributed by atoms with Crippen LogP contribution in [0.2, 0.25) is 0 Å². The molecule has 0 aliphatic heterocycles. The Labute approximate surface area is 117 Å². The summed E-state index contributed by atoms with van der Waals surface area (Å²) in [4.78, 5) is 0. The summed E-state index contributed by atoms with van der Waals surface area (Å²) in [5.74, 6) is 5.39. The predicted molar refractivity (Wildman–Crippen MR) is 72.3 cm³/mol. The van der Waals surface area contributed by atoms with Crippen molar-refractivity contribution >= 4 is 0 Å². The number of hydrogen-bond donors (Lipinski definition) is 2. The summed E-state index contributed by atoms with van der Waals surface area (Å²) < 4.78 is 40.8. The second-order valence-electron chi connectivity index (χ2n) is 5.08. The number of hydrazine groups is 1. The Kier molecular flexibility index (Phi) is 5.98. The van der Waals surface area contributed by atoms with Crippen LogP contribution in [0.25, 0.3) is 0 Å². The minimum absolute atomic E-state index is 0.0806. The molecular formula is C14H21F3N2O. The molecule has 0 amide bonds. The molecule has 1 atom stereocenters. The zero-order chi connectivity index (χ0) is 15.3. The maximum Gasteiger partial charge on any atom is 0.411 e. The number of nitrogens with two attached hydrogens (primary N) is 1. The van der Waals surface area contributed by atoms with Gasteiger partial charge in [0.25, 0.3) is 0 Å². The average Bonchev–Trinajstić information content (AvgIpc) is 2.29. The lowest BCUT2D eigenvalue weighted by molar-refractivity contribution is -0.175. The number of nitrogens with one attached hydrogen (secondary N) is 1. The third kappa shape index (κ3) is 5.48. The first-order valence-corrected chi connectivity index (χ1v) is 6.40. The highest BCUT2D eigenvalue weighted by atomic mass is 19.4. The van der Waals surface area contributed by atoms with Gasteiger partial charge in [0.2, 0.25) is 0 Å². The first-order valence-electron chi connectivity index (χ1n) is 6.40. The van der Waals surface area contributed by atoms with Crippen molar-refractivity contribution in [1.29, 1.82) is 0 Å². The van der Waals surface area contributed by atoms with E-state index in [4.69, 9.17) is 5.84 Å². The first-order chi connectivity index (χ1) is 9.23. The van der Waals surface area contributed by atoms with Gasteiger partial charge in [0, 0.05) is 6.04 Å². The van der Waals surface area contributed by atoms with E-state index in [1.165, 1.54) is 0 Å². The number of ether oxygens (including phenoxy) is 1. The molecule has 1 unspecified atom stereocenters. The van der Waals surface area contributed by atoms with E-state index >= 15 is 0 Å². The molecule has 3 nitrogen and oxygen atoms in total. The molecule has 0 saturated carbocycles. The quantitative estimate of drug-likeness (QED) is 0.625. The summed E-state index contributed by atoms with van der Waals surface area (Å²) in [6, 6.07) is 3.75. The van der Waals surface area contributed by atoms with Crippen LogP contribution in [0.5, 0.6) is 0 Å². The van der Waals surface area contributed by atoms with E-state index in [9.17, 15) is 13.2 Å². The van der Waals surface area contributed by atoms with Crippen LogP contribution in [0, 0.1) is 20.8 Å². The summed E-state index contributed by atoms with van der Waals surface area (Å²) in [5, 5.41) is 0. The molecule has 0 heterocycles. The average molecular weight is 290 g/mol. The fourth-order valence-electron chi connectivity index (χ4n) is 2.26. The summed E-state index contributed by atoms with van der Waals surface area (Å²) in [6.07, 6.45) is -3.78. The first kappa shape index (κ1) is 16.9. The number of rotatable bonds is 6. The number of aryl methyl sites for hydroxylation is 3. The Hall–Kier alpha value is -1.11. The van der Waals surface area contributed by atoms with Gasteiger partial charge in [0.1, 0.15) is 6.61 Å². The number of benzene rings is 1. The van der Waals surface area contributed by atoms with Gasteiger partial charge >= 0.3 is 6.18 Å². The van der Waals surface area contributed by atoms with Crippen LogP contribution in [0.15, 0.2) is 12.1 Å². The molecule has 6 heteroatoms. The van der Waals surface area contributed by atoms with Crippen LogP contribution in [0.3, 0.4) is 0 Å². The minimum Gasteiger partial charge on any atom is -0.370 e. The third-order valence-corrected chi connectivity index (χ3v) is 3.11. The van der Waals surface area contributed by atoms with Gasteiger partial charge in [0.15, 0.2) is 0 Å². The van der Waals surface area contributed by atoms with Crippen LogP contribution in [-0.4, -0.2) is 25.4 Å². The molecule has 0 radical (unpaired) electrons. The van der Waals surface area contributed by atoms with E-state index in [-0.39, 0.29) is 12.6 Å². The summed E-state index contributed by atoms with van der Waals surface area (Å²) in [7, 11) is 0. The van der Waals surface area contributed by atoms with Crippen molar-refractivity contribution in [3.05, 3.63) is 34.4 Å². The van der Waals surface area contributed by atoms with Gasteiger partial charge in [0.05, 0.1) is 6.61 Å². The van der Waals surface area contributed by atoms with Crippen molar-refractivity contribution < 1.29 is 17.9 Å². The van der Waals surface area contributed by atoms with E-state index in [1.807, 2.05) is 32.9 Å². The topological polar surface area (TPSA) is 47.3 Å². The van der Waals surface area contributed by atoms with Gasteiger partial charge in [-0.3, -0.25) is 11.3 Å². The summed E-state index contributed by atoms with van der Waals surface area (Å²) >= 11 is 0. The van der Waals surface area contributed by atoms with Crippen molar-refractivity contribution in [2.75, 3.05) is 13.2 Å². The highest BCUT2D eigenvalue weighted by Crippen LogP contribution is 2.19. The van der Waals surface area contributed by atoms with Crippen LogP contribution in [0.1, 0.15) is 22.3 Å². The molecular weight excluding hydrogens is 269 g/mol. The van der Waals surface area contributed by atoms with E-state index in [0.717, 1.165) is 22.3 Å². The van der Waals surface area contributed by atoms with Gasteiger partial charge in [-0.25, -0.2) is 0 Å². The summed E-state index contributed by atoms with van der Waals surface area (Å²) in [6.45, 7) is 4.65. The molecule has 0 fully saturated rings. The van der Waals surface area contributed by atoms with Crippen LogP contribution in [-0.2, 0) is 11.2 Å². The van der Waals surface area contributed by atoms with Crippen molar-refractivity contribution in [2.45, 2.75) is 39.4 Å². The predicted octanol–water partition coefficient (Wildman–Crippen LogP) is 2.57. The van der Waals surface area contributed by atoms with Gasteiger partial charge < -0.3 is 4.74 Å². The van der Waals surface area contributed by atoms with E-state index in [0.29, 0.717) is 6.42 Å². The fraction of sp³-hybridized carbons (Fsp3) is 0.571. The van der Waals surface area contributed by atoms with Crippen molar-refractivity contribution in [2.24, 2.45) is 5.84 Å². The molecule has 1 aromatic carbocycles. The molecule has 3 N–H and O–H groups in total. The monoisotopic (exact) mass is 290 g/mol. The number of hydrogen-bond acceptors (Lipinski definition) is 3. The molecule has 0 aliphatic rings. The van der Waals surface area contributed by atoms with Crippen LogP contribution in [0.4, 0.5) is 13.2 Å². The number of halogens is 3. The smallest absolute Gasteiger partial charge is 0.370 e. The summed E-state index contributed by atoms with van der Waals surface area (Å²) in [5.41, 5.74) is 6.99. The lowest BCUT2D eigenvalue weighted by Crippen LogP contribution is -2.41. The van der Waals surface area contributed by atoms with E-state index in [1.54, 1.807) is 0 Å². The Morgan fingerprint density at radius 2 is 1.75 bits per heavy atom. The second kappa shape index (κ2) is 7.06. The third-order valence-electron chi connectivity index (χ3n) is 3.11. The minimum atomic E-state index is -4.31. The SMILES string of the molecule is Cc1cc(C)c(CC(COCC(F)(F)F)NN)c(C)c1. The molecule has 20 heavy (non-hydrogen) atoms. The fourth-order valence-corrected chi connectivity index (χ4v) is 2.26. The largest absolute Gasteiger partial charge is 0.411 e. The second-order valence-corrected chi connectivity index (χ2v) is 5.08. The number of alkyl halides is 3. The molecule has 114 valence electrons. The molecule has 0 bridgehead atoms. The van der Waals surface area contributed by atoms with Crippen LogP contribution >= 0.6 is 0 Å². The molecule has 0 aliphatic carbocycles. The highest BCUT2D eigenvalue weighted by Gasteiger charge is 2.28. The molecule has 1 rings (SSSR count). The lowest BCUT2D eigenvalue weighted by atomic mass is 9.95. The van der Waals surface area contributed by atoms with Crippen molar-refractivity contribution in [1.82, 2.24) is 5.43 Å². The molecule has 1 aromatic rings. The van der Waals surface area contributed by atoms with Crippen LogP contribution < -0.4 is 11.3 Å². The Morgan fingerprint density at radius 3 is 2.20 bits per heavy atom. The van der Waals surface area contributed by atoms with Gasteiger partial charge in [-0.1, -0.05) is 17.7 Å². The standard InChI is InChI=1S/C14H21F3N2O/c1-9-4-10(2)13(11(3)5-9)6-12(19-18)7-20-8-14(15,16)17/h4-5,12,19H,6-8,18H2,1-3H3. The van der Waals surface area contributed by atoms with Gasteiger partial charge in [-0.2, -0.15) is 13.2 Å². The van der Waals surface area contributed by atoms with Crippen molar-refractivity contribution in [3.63, 3.8) is 0 Å². The molecule has 0 aromatic heterocycles. The zero-order valence-corrected chi connectivity index (χ0v) is 12.0. The van der Waals surface area contributed by atoms with E-state index in [2.05, 4.69) is 10.2 Å². The molecule has 0 saturated heterocycles. The maximum atomic E-state index is 12.0. The Morgan fingerprint density at radius 1 is 1.20 bits per heavy atom. The van der Waals surface area contributed by atoms with E-state index < -0.39 is 12.8 Å². The van der Waals surface area contributed by atoms with Crippen molar-refractivity contribution in [3.8, 4) is 0 Å². The Bertz CT molecular complexity index is 424. The molecule has 0 spiro atoms.